The highest BCUT2D eigenvalue weighted by atomic mass is 35.5. The van der Waals surface area contributed by atoms with E-state index in [9.17, 15) is 14.9 Å². The lowest BCUT2D eigenvalue weighted by atomic mass is 10.2. The quantitative estimate of drug-likeness (QED) is 0.666. The van der Waals surface area contributed by atoms with E-state index in [-0.39, 0.29) is 5.69 Å². The second kappa shape index (κ2) is 5.96. The molecule has 1 aromatic carbocycles. The van der Waals surface area contributed by atoms with Crippen molar-refractivity contribution in [2.24, 2.45) is 5.73 Å². The predicted molar refractivity (Wildman–Crippen MR) is 76.1 cm³/mol. The number of nitro groups is 1. The first-order valence-electron chi connectivity index (χ1n) is 6.22. The van der Waals surface area contributed by atoms with Gasteiger partial charge < -0.3 is 15.5 Å². The summed E-state index contributed by atoms with van der Waals surface area (Å²) in [6.45, 7) is 2.45. The summed E-state index contributed by atoms with van der Waals surface area (Å²) in [5, 5.41) is 11.0. The molecule has 0 atom stereocenters. The molecule has 8 heteroatoms. The van der Waals surface area contributed by atoms with Crippen LogP contribution < -0.4 is 10.6 Å². The van der Waals surface area contributed by atoms with E-state index in [2.05, 4.69) is 0 Å². The van der Waals surface area contributed by atoms with E-state index >= 15 is 0 Å². The maximum Gasteiger partial charge on any atom is 0.314 e. The standard InChI is InChI=1S/C12H15ClN4O3/c13-10-8-9(17(19)20)2-3-11(10)15-4-1-5-16(7-6-15)12(14)18/h2-3,8H,1,4-7H2,(H2,14,18). The van der Waals surface area contributed by atoms with Crippen molar-refractivity contribution in [1.82, 2.24) is 4.90 Å². The van der Waals surface area contributed by atoms with Crippen LogP contribution in [0.25, 0.3) is 0 Å². The van der Waals surface area contributed by atoms with Gasteiger partial charge in [-0.25, -0.2) is 4.79 Å². The van der Waals surface area contributed by atoms with Crippen LogP contribution in [0.4, 0.5) is 16.2 Å². The van der Waals surface area contributed by atoms with Crippen molar-refractivity contribution in [3.8, 4) is 0 Å². The van der Waals surface area contributed by atoms with E-state index < -0.39 is 11.0 Å². The molecule has 2 amide bonds. The predicted octanol–water partition coefficient (Wildman–Crippen LogP) is 1.84. The van der Waals surface area contributed by atoms with E-state index in [1.807, 2.05) is 4.90 Å². The Kier molecular flexibility index (Phi) is 4.29. The van der Waals surface area contributed by atoms with Crippen LogP contribution in [-0.4, -0.2) is 42.0 Å². The second-order valence-corrected chi connectivity index (χ2v) is 4.97. The molecule has 2 N–H and O–H groups in total. The zero-order valence-corrected chi connectivity index (χ0v) is 11.5. The zero-order chi connectivity index (χ0) is 14.7. The molecule has 0 radical (unpaired) electrons. The van der Waals surface area contributed by atoms with Crippen molar-refractivity contribution in [3.05, 3.63) is 33.3 Å². The Morgan fingerprint density at radius 1 is 1.30 bits per heavy atom. The van der Waals surface area contributed by atoms with Gasteiger partial charge in [0.25, 0.3) is 5.69 Å². The minimum Gasteiger partial charge on any atom is -0.368 e. The van der Waals surface area contributed by atoms with Gasteiger partial charge in [0.2, 0.25) is 0 Å². The molecule has 0 bridgehead atoms. The van der Waals surface area contributed by atoms with Crippen LogP contribution in [0.15, 0.2) is 18.2 Å². The van der Waals surface area contributed by atoms with Crippen LogP contribution in [0.5, 0.6) is 0 Å². The highest BCUT2D eigenvalue weighted by Gasteiger charge is 2.20. The second-order valence-electron chi connectivity index (χ2n) is 4.56. The van der Waals surface area contributed by atoms with Gasteiger partial charge in [-0.05, 0) is 12.5 Å². The van der Waals surface area contributed by atoms with Crippen molar-refractivity contribution < 1.29 is 9.72 Å². The van der Waals surface area contributed by atoms with Gasteiger partial charge >= 0.3 is 6.03 Å². The van der Waals surface area contributed by atoms with Gasteiger partial charge in [0.05, 0.1) is 15.6 Å². The fraction of sp³-hybridized carbons (Fsp3) is 0.417. The number of nitrogens with two attached hydrogens (primary N) is 1. The van der Waals surface area contributed by atoms with E-state index in [0.29, 0.717) is 24.7 Å². The number of hydrogen-bond acceptors (Lipinski definition) is 4. The molecule has 0 aromatic heterocycles. The third-order valence-corrected chi connectivity index (χ3v) is 3.59. The molecule has 0 saturated carbocycles. The summed E-state index contributed by atoms with van der Waals surface area (Å²) in [5.74, 6) is 0. The third kappa shape index (κ3) is 3.11. The average Bonchev–Trinajstić information content (AvgIpc) is 2.64. The Morgan fingerprint density at radius 2 is 2.05 bits per heavy atom. The number of rotatable bonds is 2. The molecule has 1 heterocycles. The Bertz CT molecular complexity index is 537. The average molecular weight is 299 g/mol. The van der Waals surface area contributed by atoms with Gasteiger partial charge in [0.1, 0.15) is 0 Å². The molecular formula is C12H15ClN4O3. The normalized spacial score (nSPS) is 15.8. The monoisotopic (exact) mass is 298 g/mol. The van der Waals surface area contributed by atoms with E-state index in [1.54, 1.807) is 11.0 Å². The van der Waals surface area contributed by atoms with Crippen molar-refractivity contribution in [2.75, 3.05) is 31.1 Å². The third-order valence-electron chi connectivity index (χ3n) is 3.29. The van der Waals surface area contributed by atoms with Gasteiger partial charge in [-0.2, -0.15) is 0 Å². The number of halogens is 1. The molecule has 1 aliphatic heterocycles. The molecule has 0 aliphatic carbocycles. The van der Waals surface area contributed by atoms with Crippen molar-refractivity contribution in [3.63, 3.8) is 0 Å². The summed E-state index contributed by atoms with van der Waals surface area (Å²) in [6.07, 6.45) is 0.774. The largest absolute Gasteiger partial charge is 0.368 e. The zero-order valence-electron chi connectivity index (χ0n) is 10.8. The van der Waals surface area contributed by atoms with Crippen LogP contribution in [-0.2, 0) is 0 Å². The van der Waals surface area contributed by atoms with E-state index in [4.69, 9.17) is 17.3 Å². The maximum atomic E-state index is 11.2. The number of urea groups is 1. The van der Waals surface area contributed by atoms with Crippen molar-refractivity contribution >= 4 is 29.0 Å². The number of benzene rings is 1. The number of anilines is 1. The Labute approximate surface area is 121 Å². The summed E-state index contributed by atoms with van der Waals surface area (Å²) in [6, 6.07) is 3.98. The number of hydrogen-bond donors (Lipinski definition) is 1. The molecule has 0 spiro atoms. The summed E-state index contributed by atoms with van der Waals surface area (Å²) in [4.78, 5) is 25.0. The number of amides is 2. The first kappa shape index (κ1) is 14.4. The van der Waals surface area contributed by atoms with Gasteiger partial charge in [-0.1, -0.05) is 11.6 Å². The Hall–Kier alpha value is -2.02. The molecule has 1 saturated heterocycles. The number of nitrogens with zero attached hydrogens (tertiary/aromatic N) is 3. The van der Waals surface area contributed by atoms with Gasteiger partial charge in [0, 0.05) is 38.3 Å². The van der Waals surface area contributed by atoms with Gasteiger partial charge in [0.15, 0.2) is 0 Å². The van der Waals surface area contributed by atoms with Crippen LogP contribution in [0.1, 0.15) is 6.42 Å². The van der Waals surface area contributed by atoms with Crippen molar-refractivity contribution in [2.45, 2.75) is 6.42 Å². The maximum absolute atomic E-state index is 11.2. The van der Waals surface area contributed by atoms with Crippen LogP contribution in [0.3, 0.4) is 0 Å². The fourth-order valence-electron chi connectivity index (χ4n) is 2.24. The number of non-ortho nitro benzene ring substituents is 1. The molecule has 0 unspecified atom stereocenters. The first-order chi connectivity index (χ1) is 9.49. The van der Waals surface area contributed by atoms with Crippen LogP contribution in [0, 0.1) is 10.1 Å². The fourth-order valence-corrected chi connectivity index (χ4v) is 2.54. The molecular weight excluding hydrogens is 284 g/mol. The summed E-state index contributed by atoms with van der Waals surface area (Å²) in [5.41, 5.74) is 5.98. The molecule has 1 aromatic rings. The minimum absolute atomic E-state index is 0.0349. The highest BCUT2D eigenvalue weighted by molar-refractivity contribution is 6.33. The lowest BCUT2D eigenvalue weighted by Gasteiger charge is -2.24. The van der Waals surface area contributed by atoms with Crippen LogP contribution >= 0.6 is 11.6 Å². The number of primary amides is 1. The Balaban J connectivity index is 2.15. The summed E-state index contributed by atoms with van der Waals surface area (Å²) >= 11 is 6.11. The lowest BCUT2D eigenvalue weighted by Crippen LogP contribution is -2.38. The molecule has 108 valence electrons. The highest BCUT2D eigenvalue weighted by Crippen LogP contribution is 2.30. The summed E-state index contributed by atoms with van der Waals surface area (Å²) in [7, 11) is 0. The van der Waals surface area contributed by atoms with Crippen molar-refractivity contribution in [1.29, 1.82) is 0 Å². The van der Waals surface area contributed by atoms with E-state index in [1.165, 1.54) is 12.1 Å². The van der Waals surface area contributed by atoms with E-state index in [0.717, 1.165) is 18.7 Å². The lowest BCUT2D eigenvalue weighted by molar-refractivity contribution is -0.384. The number of nitro benzene ring substituents is 1. The smallest absolute Gasteiger partial charge is 0.314 e. The molecule has 7 nitrogen and oxygen atoms in total. The molecule has 2 rings (SSSR count). The number of carbonyl (C=O) groups excluding carboxylic acids is 1. The topological polar surface area (TPSA) is 92.7 Å². The molecule has 1 fully saturated rings. The van der Waals surface area contributed by atoms with Crippen LogP contribution in [0.2, 0.25) is 5.02 Å². The Morgan fingerprint density at radius 3 is 2.65 bits per heavy atom. The SMILES string of the molecule is NC(=O)N1CCCN(c2ccc([N+](=O)[O-])cc2Cl)CC1. The van der Waals surface area contributed by atoms with Gasteiger partial charge in [-0.15, -0.1) is 0 Å². The number of carbonyl (C=O) groups is 1. The minimum atomic E-state index is -0.479. The van der Waals surface area contributed by atoms with Gasteiger partial charge in [-0.3, -0.25) is 10.1 Å². The first-order valence-corrected chi connectivity index (χ1v) is 6.60. The molecule has 1 aliphatic rings. The molecule has 20 heavy (non-hydrogen) atoms. The summed E-state index contributed by atoms with van der Waals surface area (Å²) < 4.78 is 0.